The molecule has 39 heavy (non-hydrogen) atoms. The molecule has 3 aromatic carbocycles. The van der Waals surface area contributed by atoms with Gasteiger partial charge in [0.1, 0.15) is 23.1 Å². The van der Waals surface area contributed by atoms with Crippen LogP contribution in [0.1, 0.15) is 35.0 Å². The van der Waals surface area contributed by atoms with Crippen molar-refractivity contribution in [1.29, 1.82) is 0 Å². The van der Waals surface area contributed by atoms with Crippen LogP contribution in [0.25, 0.3) is 22.3 Å². The number of hydrogen-bond donors (Lipinski definition) is 3. The lowest BCUT2D eigenvalue weighted by Gasteiger charge is -2.34. The number of para-hydroxylation sites is 1. The second kappa shape index (κ2) is 9.23. The first-order valence-corrected chi connectivity index (χ1v) is 12.3. The molecule has 0 saturated heterocycles. The van der Waals surface area contributed by atoms with Gasteiger partial charge in [-0.25, -0.2) is 13.8 Å². The van der Waals surface area contributed by atoms with Gasteiger partial charge in [-0.1, -0.05) is 18.2 Å². The van der Waals surface area contributed by atoms with E-state index in [9.17, 15) is 9.18 Å². The van der Waals surface area contributed by atoms with Gasteiger partial charge in [-0.05, 0) is 43.7 Å². The molecule has 1 unspecified atom stereocenters. The fourth-order valence-corrected chi connectivity index (χ4v) is 5.08. The molecule has 0 saturated carbocycles. The highest BCUT2D eigenvalue weighted by atomic mass is 19.2. The number of nitrogens with one attached hydrogen (secondary N) is 3. The second-order valence-electron chi connectivity index (χ2n) is 9.49. The summed E-state index contributed by atoms with van der Waals surface area (Å²) in [4.78, 5) is 22.9. The molecule has 6 rings (SSSR count). The number of aromatic nitrogens is 3. The average Bonchev–Trinajstić information content (AvgIpc) is 3.64. The number of aromatic amines is 2. The molecule has 1 aliphatic rings. The van der Waals surface area contributed by atoms with Gasteiger partial charge in [0.25, 0.3) is 5.91 Å². The largest absolute Gasteiger partial charge is 0.493 e. The number of fused-ring (bicyclic) bond motifs is 2. The predicted octanol–water partition coefficient (Wildman–Crippen LogP) is 6.22. The molecule has 10 heteroatoms. The zero-order valence-corrected chi connectivity index (χ0v) is 21.0. The molecular formula is C29H23F3N4O3. The fourth-order valence-electron chi connectivity index (χ4n) is 5.08. The number of ether oxygens (including phenoxy) is 2. The minimum absolute atomic E-state index is 0.00897. The van der Waals surface area contributed by atoms with E-state index in [2.05, 4.69) is 27.2 Å². The molecule has 7 nitrogen and oxygen atoms in total. The average molecular weight is 533 g/mol. The van der Waals surface area contributed by atoms with Crippen LogP contribution in [-0.4, -0.2) is 34.5 Å². The lowest BCUT2D eigenvalue weighted by molar-refractivity contribution is 0.0961. The van der Waals surface area contributed by atoms with E-state index in [4.69, 9.17) is 9.47 Å². The van der Waals surface area contributed by atoms with E-state index in [1.54, 1.807) is 6.20 Å². The van der Waals surface area contributed by atoms with E-state index >= 15 is 8.78 Å². The summed E-state index contributed by atoms with van der Waals surface area (Å²) in [7, 11) is 1.37. The summed E-state index contributed by atoms with van der Waals surface area (Å²) in [5, 5.41) is 2.57. The number of hydrogen-bond acceptors (Lipinski definition) is 4. The van der Waals surface area contributed by atoms with Crippen LogP contribution in [0.3, 0.4) is 0 Å². The number of carbonyl (C=O) groups is 1. The highest BCUT2D eigenvalue weighted by Crippen LogP contribution is 2.43. The van der Waals surface area contributed by atoms with Crippen molar-refractivity contribution in [3.05, 3.63) is 95.2 Å². The topological polar surface area (TPSA) is 92.0 Å². The van der Waals surface area contributed by atoms with E-state index in [0.717, 1.165) is 23.1 Å². The van der Waals surface area contributed by atoms with E-state index in [1.807, 2.05) is 24.3 Å². The molecule has 0 spiro atoms. The fraction of sp³-hybridized carbons (Fsp3) is 0.172. The molecule has 3 heterocycles. The molecule has 1 atom stereocenters. The Morgan fingerprint density at radius 2 is 1.95 bits per heavy atom. The summed E-state index contributed by atoms with van der Waals surface area (Å²) in [6.45, 7) is 2.58. The van der Waals surface area contributed by atoms with Crippen molar-refractivity contribution in [2.24, 2.45) is 0 Å². The number of rotatable bonds is 5. The summed E-state index contributed by atoms with van der Waals surface area (Å²) >= 11 is 0. The van der Waals surface area contributed by atoms with Gasteiger partial charge in [-0.3, -0.25) is 4.79 Å². The number of imidazole rings is 1. The zero-order chi connectivity index (χ0) is 27.3. The Morgan fingerprint density at radius 1 is 1.13 bits per heavy atom. The second-order valence-corrected chi connectivity index (χ2v) is 9.49. The third-order valence-electron chi connectivity index (χ3n) is 7.23. The molecule has 1 amide bonds. The number of halogens is 3. The lowest BCUT2D eigenvalue weighted by atomic mass is 9.75. The monoisotopic (exact) mass is 532 g/mol. The summed E-state index contributed by atoms with van der Waals surface area (Å²) in [5.41, 5.74) is 1.03. The molecule has 0 bridgehead atoms. The third kappa shape index (κ3) is 3.91. The van der Waals surface area contributed by atoms with E-state index < -0.39 is 34.5 Å². The quantitative estimate of drug-likeness (QED) is 0.251. The number of H-pyrrole nitrogens is 2. The summed E-state index contributed by atoms with van der Waals surface area (Å²) in [6.07, 6.45) is 3.74. The van der Waals surface area contributed by atoms with Gasteiger partial charge in [0.05, 0.1) is 23.3 Å². The van der Waals surface area contributed by atoms with Crippen LogP contribution in [-0.2, 0) is 5.41 Å². The molecule has 1 aliphatic heterocycles. The summed E-state index contributed by atoms with van der Waals surface area (Å²) in [6, 6.07) is 12.9. The van der Waals surface area contributed by atoms with Crippen LogP contribution in [0.4, 0.5) is 13.2 Å². The van der Waals surface area contributed by atoms with Crippen molar-refractivity contribution in [3.63, 3.8) is 0 Å². The number of carbonyl (C=O) groups excluding carboxylic acids is 1. The number of amides is 1. The summed E-state index contributed by atoms with van der Waals surface area (Å²) < 4.78 is 56.4. The first-order chi connectivity index (χ1) is 18.8. The van der Waals surface area contributed by atoms with Gasteiger partial charge < -0.3 is 24.8 Å². The molecule has 5 aromatic rings. The van der Waals surface area contributed by atoms with Crippen LogP contribution in [0.5, 0.6) is 17.2 Å². The molecule has 0 aliphatic carbocycles. The lowest BCUT2D eigenvalue weighted by Crippen LogP contribution is -2.31. The van der Waals surface area contributed by atoms with E-state index in [0.29, 0.717) is 13.0 Å². The van der Waals surface area contributed by atoms with Crippen molar-refractivity contribution in [3.8, 4) is 28.6 Å². The van der Waals surface area contributed by atoms with E-state index in [-0.39, 0.29) is 33.6 Å². The van der Waals surface area contributed by atoms with Crippen LogP contribution < -0.4 is 14.8 Å². The SMILES string of the molecule is CNC(=O)c1c(Oc2ccc(F)c(-c3ncc(C4(C)CCOc5ccccc54)[nH]3)c2)c(F)c(F)c2[nH]ccc12. The predicted molar refractivity (Wildman–Crippen MR) is 139 cm³/mol. The van der Waals surface area contributed by atoms with Gasteiger partial charge in [0.2, 0.25) is 5.82 Å². The molecule has 0 radical (unpaired) electrons. The number of nitrogens with zero attached hydrogens (tertiary/aromatic N) is 1. The Labute approximate surface area is 221 Å². The van der Waals surface area contributed by atoms with Crippen LogP contribution in [0.2, 0.25) is 0 Å². The maximum atomic E-state index is 15.1. The Bertz CT molecular complexity index is 1750. The van der Waals surface area contributed by atoms with Crippen LogP contribution in [0, 0.1) is 17.5 Å². The van der Waals surface area contributed by atoms with Gasteiger partial charge >= 0.3 is 0 Å². The minimum Gasteiger partial charge on any atom is -0.493 e. The Morgan fingerprint density at radius 3 is 2.77 bits per heavy atom. The number of benzene rings is 3. The smallest absolute Gasteiger partial charge is 0.255 e. The summed E-state index contributed by atoms with van der Waals surface area (Å²) in [5.74, 6) is -3.41. The molecule has 3 N–H and O–H groups in total. The van der Waals surface area contributed by atoms with Crippen molar-refractivity contribution in [2.75, 3.05) is 13.7 Å². The van der Waals surface area contributed by atoms with Crippen molar-refractivity contribution in [2.45, 2.75) is 18.8 Å². The maximum absolute atomic E-state index is 15.1. The van der Waals surface area contributed by atoms with Gasteiger partial charge in [0, 0.05) is 41.5 Å². The Kier molecular flexibility index (Phi) is 5.82. The Hall–Kier alpha value is -4.73. The molecule has 198 valence electrons. The van der Waals surface area contributed by atoms with Gasteiger partial charge in [-0.2, -0.15) is 4.39 Å². The van der Waals surface area contributed by atoms with E-state index in [1.165, 1.54) is 31.4 Å². The van der Waals surface area contributed by atoms with Crippen molar-refractivity contribution >= 4 is 16.8 Å². The highest BCUT2D eigenvalue weighted by Gasteiger charge is 2.36. The normalized spacial score (nSPS) is 16.5. The molecular weight excluding hydrogens is 509 g/mol. The first kappa shape index (κ1) is 24.6. The first-order valence-electron chi connectivity index (χ1n) is 12.3. The van der Waals surface area contributed by atoms with Crippen molar-refractivity contribution in [1.82, 2.24) is 20.3 Å². The van der Waals surface area contributed by atoms with Crippen molar-refractivity contribution < 1.29 is 27.4 Å². The minimum atomic E-state index is -1.35. The molecule has 2 aromatic heterocycles. The van der Waals surface area contributed by atoms with Gasteiger partial charge in [0.15, 0.2) is 11.6 Å². The highest BCUT2D eigenvalue weighted by molar-refractivity contribution is 6.09. The Balaban J connectivity index is 1.40. The standard InChI is InChI=1S/C29H23F3N4O3/c1-29(10-12-38-20-6-4-3-5-18(20)29)21-14-35-27(36-21)17-13-15(7-8-19(17)30)39-26-22(28(37)33-2)16-9-11-34-25(16)23(31)24(26)32/h3-9,11,13-14,34H,10,12H2,1-2H3,(H,33,37)(H,35,36). The van der Waals surface area contributed by atoms with Crippen LogP contribution in [0.15, 0.2) is 60.9 Å². The van der Waals surface area contributed by atoms with Crippen LogP contribution >= 0.6 is 0 Å². The zero-order valence-electron chi connectivity index (χ0n) is 21.0. The maximum Gasteiger partial charge on any atom is 0.255 e. The van der Waals surface area contributed by atoms with Gasteiger partial charge in [-0.15, -0.1) is 0 Å². The third-order valence-corrected chi connectivity index (χ3v) is 7.23. The molecule has 0 fully saturated rings.